The molecule has 6 heteroatoms. The summed E-state index contributed by atoms with van der Waals surface area (Å²) in [7, 11) is 0. The average Bonchev–Trinajstić information content (AvgIpc) is 2.54. The summed E-state index contributed by atoms with van der Waals surface area (Å²) in [4.78, 5) is 12.1. The van der Waals surface area contributed by atoms with Crippen LogP contribution in [-0.4, -0.2) is 22.6 Å². The molecule has 2 rings (SSSR count). The van der Waals surface area contributed by atoms with Crippen LogP contribution in [-0.2, 0) is 0 Å². The normalized spacial score (nSPS) is 9.71. The van der Waals surface area contributed by atoms with Crippen molar-refractivity contribution >= 4 is 17.4 Å². The zero-order valence-electron chi connectivity index (χ0n) is 11.6. The molecule has 106 valence electrons. The van der Waals surface area contributed by atoms with Gasteiger partial charge >= 0.3 is 0 Å². The molecule has 1 aromatic heterocycles. The van der Waals surface area contributed by atoms with Crippen LogP contribution in [0.15, 0.2) is 36.4 Å². The van der Waals surface area contributed by atoms with Gasteiger partial charge in [0.25, 0.3) is 5.91 Å². The molecule has 0 saturated carbocycles. The number of para-hydroxylation sites is 1. The van der Waals surface area contributed by atoms with E-state index >= 15 is 0 Å². The summed E-state index contributed by atoms with van der Waals surface area (Å²) in [6.45, 7) is 2.85. The van der Waals surface area contributed by atoms with E-state index in [0.29, 0.717) is 17.1 Å². The maximum atomic E-state index is 12.1. The monoisotopic (exact) mass is 281 g/mol. The highest BCUT2D eigenvalue weighted by Gasteiger charge is 2.10. The van der Waals surface area contributed by atoms with Crippen LogP contribution in [0.3, 0.4) is 0 Å². The van der Waals surface area contributed by atoms with Crippen molar-refractivity contribution in [2.45, 2.75) is 13.3 Å². The van der Waals surface area contributed by atoms with Crippen LogP contribution in [0.25, 0.3) is 0 Å². The van der Waals surface area contributed by atoms with Crippen molar-refractivity contribution in [3.05, 3.63) is 47.7 Å². The third-order valence-corrected chi connectivity index (χ3v) is 2.75. The first-order valence-corrected chi connectivity index (χ1v) is 6.62. The summed E-state index contributed by atoms with van der Waals surface area (Å²) in [5.41, 5.74) is 1.06. The van der Waals surface area contributed by atoms with Crippen molar-refractivity contribution in [3.63, 3.8) is 0 Å². The van der Waals surface area contributed by atoms with E-state index in [-0.39, 0.29) is 5.69 Å². The largest absolute Gasteiger partial charge is 0.369 e. The highest BCUT2D eigenvalue weighted by atomic mass is 16.1. The quantitative estimate of drug-likeness (QED) is 0.878. The molecule has 0 atom stereocenters. The molecule has 0 bridgehead atoms. The van der Waals surface area contributed by atoms with Gasteiger partial charge in [-0.1, -0.05) is 19.1 Å². The molecule has 21 heavy (non-hydrogen) atoms. The number of carbonyl (C=O) groups is 1. The number of carbonyl (C=O) groups excluding carboxylic acids is 1. The van der Waals surface area contributed by atoms with Gasteiger partial charge in [0.05, 0.1) is 11.3 Å². The second-order valence-electron chi connectivity index (χ2n) is 4.34. The lowest BCUT2D eigenvalue weighted by atomic mass is 10.2. The maximum Gasteiger partial charge on any atom is 0.276 e. The molecule has 0 unspecified atom stereocenters. The van der Waals surface area contributed by atoms with Gasteiger partial charge in [0.2, 0.25) is 0 Å². The van der Waals surface area contributed by atoms with Crippen LogP contribution < -0.4 is 10.6 Å². The first kappa shape index (κ1) is 14.5. The topological polar surface area (TPSA) is 90.7 Å². The highest BCUT2D eigenvalue weighted by molar-refractivity contribution is 6.03. The fourth-order valence-corrected chi connectivity index (χ4v) is 1.68. The molecule has 1 amide bonds. The molecule has 1 aromatic carbocycles. The van der Waals surface area contributed by atoms with Crippen molar-refractivity contribution in [1.29, 1.82) is 5.26 Å². The smallest absolute Gasteiger partial charge is 0.276 e. The Balaban J connectivity index is 2.08. The summed E-state index contributed by atoms with van der Waals surface area (Å²) in [5, 5.41) is 22.5. The van der Waals surface area contributed by atoms with Crippen LogP contribution >= 0.6 is 0 Å². The lowest BCUT2D eigenvalue weighted by Gasteiger charge is -2.06. The fraction of sp³-hybridized carbons (Fsp3) is 0.200. The van der Waals surface area contributed by atoms with Gasteiger partial charge in [0.15, 0.2) is 5.69 Å². The predicted octanol–water partition coefficient (Wildman–Crippen LogP) is 2.42. The minimum absolute atomic E-state index is 0.199. The van der Waals surface area contributed by atoms with E-state index in [9.17, 15) is 4.79 Å². The predicted molar refractivity (Wildman–Crippen MR) is 79.9 cm³/mol. The summed E-state index contributed by atoms with van der Waals surface area (Å²) in [6, 6.07) is 12.1. The van der Waals surface area contributed by atoms with Crippen molar-refractivity contribution in [2.75, 3.05) is 17.2 Å². The first-order valence-electron chi connectivity index (χ1n) is 6.62. The van der Waals surface area contributed by atoms with Crippen molar-refractivity contribution < 1.29 is 4.79 Å². The molecule has 0 aliphatic rings. The number of hydrogen-bond donors (Lipinski definition) is 2. The second-order valence-corrected chi connectivity index (χ2v) is 4.34. The molecule has 0 aliphatic carbocycles. The summed E-state index contributed by atoms with van der Waals surface area (Å²) in [5.74, 6) is 0.234. The Hall–Kier alpha value is -2.94. The van der Waals surface area contributed by atoms with E-state index in [2.05, 4.69) is 27.8 Å². The number of nitriles is 1. The third-order valence-electron chi connectivity index (χ3n) is 2.75. The fourth-order valence-electron chi connectivity index (χ4n) is 1.68. The number of benzene rings is 1. The van der Waals surface area contributed by atoms with Crippen molar-refractivity contribution in [2.24, 2.45) is 0 Å². The standard InChI is InChI=1S/C15H15N5O/c1-2-9-17-14-8-7-13(19-20-14)15(21)18-12-6-4-3-5-11(12)10-16/h3-8H,2,9H2,1H3,(H,17,20)(H,18,21). The van der Waals surface area contributed by atoms with Crippen LogP contribution in [0, 0.1) is 11.3 Å². The van der Waals surface area contributed by atoms with Crippen molar-refractivity contribution in [3.8, 4) is 6.07 Å². The summed E-state index contributed by atoms with van der Waals surface area (Å²) in [6.07, 6.45) is 0.981. The Morgan fingerprint density at radius 3 is 2.71 bits per heavy atom. The molecule has 0 spiro atoms. The lowest BCUT2D eigenvalue weighted by molar-refractivity contribution is 0.102. The molecule has 0 fully saturated rings. The molecule has 0 saturated heterocycles. The van der Waals surface area contributed by atoms with E-state index < -0.39 is 5.91 Å². The van der Waals surface area contributed by atoms with Gasteiger partial charge in [0, 0.05) is 6.54 Å². The first-order chi connectivity index (χ1) is 10.2. The van der Waals surface area contributed by atoms with Crippen LogP contribution in [0.2, 0.25) is 0 Å². The number of aromatic nitrogens is 2. The Morgan fingerprint density at radius 1 is 1.24 bits per heavy atom. The highest BCUT2D eigenvalue weighted by Crippen LogP contribution is 2.14. The zero-order valence-corrected chi connectivity index (χ0v) is 11.6. The molecular weight excluding hydrogens is 266 g/mol. The van der Waals surface area contributed by atoms with Gasteiger partial charge in [-0.25, -0.2) is 0 Å². The molecule has 0 radical (unpaired) electrons. The van der Waals surface area contributed by atoms with E-state index in [0.717, 1.165) is 13.0 Å². The van der Waals surface area contributed by atoms with Gasteiger partial charge in [-0.05, 0) is 30.7 Å². The number of rotatable bonds is 5. The Bertz CT molecular complexity index is 661. The second kappa shape index (κ2) is 7.01. The van der Waals surface area contributed by atoms with E-state index in [1.807, 2.05) is 6.07 Å². The lowest BCUT2D eigenvalue weighted by Crippen LogP contribution is -2.15. The zero-order chi connectivity index (χ0) is 15.1. The minimum atomic E-state index is -0.396. The van der Waals surface area contributed by atoms with E-state index in [1.165, 1.54) is 0 Å². The van der Waals surface area contributed by atoms with Gasteiger partial charge in [-0.3, -0.25) is 4.79 Å². The SMILES string of the molecule is CCCNc1ccc(C(=O)Nc2ccccc2C#N)nn1. The maximum absolute atomic E-state index is 12.1. The van der Waals surface area contributed by atoms with E-state index in [4.69, 9.17) is 5.26 Å². The molecule has 0 aliphatic heterocycles. The molecule has 1 heterocycles. The number of nitrogens with zero attached hydrogens (tertiary/aromatic N) is 3. The minimum Gasteiger partial charge on any atom is -0.369 e. The summed E-state index contributed by atoms with van der Waals surface area (Å²) < 4.78 is 0. The number of amides is 1. The Morgan fingerprint density at radius 2 is 2.05 bits per heavy atom. The Labute approximate surface area is 122 Å². The Kier molecular flexibility index (Phi) is 4.83. The summed E-state index contributed by atoms with van der Waals surface area (Å²) >= 11 is 0. The number of anilines is 2. The molecule has 2 aromatic rings. The van der Waals surface area contributed by atoms with Crippen molar-refractivity contribution in [1.82, 2.24) is 10.2 Å². The van der Waals surface area contributed by atoms with Crippen LogP contribution in [0.1, 0.15) is 29.4 Å². The van der Waals surface area contributed by atoms with Crippen LogP contribution in [0.4, 0.5) is 11.5 Å². The molecular formula is C15H15N5O. The number of hydrogen-bond acceptors (Lipinski definition) is 5. The number of nitrogens with one attached hydrogen (secondary N) is 2. The average molecular weight is 281 g/mol. The third kappa shape index (κ3) is 3.76. The molecule has 2 N–H and O–H groups in total. The molecule has 6 nitrogen and oxygen atoms in total. The van der Waals surface area contributed by atoms with Gasteiger partial charge in [-0.2, -0.15) is 5.26 Å². The van der Waals surface area contributed by atoms with Gasteiger partial charge in [-0.15, -0.1) is 10.2 Å². The van der Waals surface area contributed by atoms with E-state index in [1.54, 1.807) is 36.4 Å². The van der Waals surface area contributed by atoms with Gasteiger partial charge < -0.3 is 10.6 Å². The van der Waals surface area contributed by atoms with Gasteiger partial charge in [0.1, 0.15) is 11.9 Å². The van der Waals surface area contributed by atoms with Crippen LogP contribution in [0.5, 0.6) is 0 Å².